The van der Waals surface area contributed by atoms with Crippen molar-refractivity contribution in [3.8, 4) is 11.8 Å². The number of nitrogen functional groups attached to an aromatic ring is 1. The van der Waals surface area contributed by atoms with E-state index in [-0.39, 0.29) is 12.1 Å². The molecule has 2 atom stereocenters. The average Bonchev–Trinajstić information content (AvgIpc) is 3.47. The molecule has 9 heteroatoms. The van der Waals surface area contributed by atoms with Crippen LogP contribution in [-0.2, 0) is 11.3 Å². The molecule has 5 rings (SSSR count). The molecule has 1 fully saturated rings. The number of nitrogens with one attached hydrogen (secondary N) is 1. The van der Waals surface area contributed by atoms with Crippen LogP contribution in [-0.4, -0.2) is 55.6 Å². The van der Waals surface area contributed by atoms with Crippen LogP contribution in [0.15, 0.2) is 24.5 Å². The number of ether oxygens (including phenoxy) is 1. The van der Waals surface area contributed by atoms with Gasteiger partial charge in [-0.2, -0.15) is 5.10 Å². The van der Waals surface area contributed by atoms with Gasteiger partial charge in [-0.3, -0.25) is 0 Å². The summed E-state index contributed by atoms with van der Waals surface area (Å²) in [7, 11) is 1.71. The zero-order valence-corrected chi connectivity index (χ0v) is 18.5. The Labute approximate surface area is 186 Å². The van der Waals surface area contributed by atoms with E-state index in [9.17, 15) is 0 Å². The molecule has 4 heterocycles. The van der Waals surface area contributed by atoms with Gasteiger partial charge in [0.2, 0.25) is 0 Å². The minimum Gasteiger partial charge on any atom is -0.383 e. The first-order valence-electron chi connectivity index (χ1n) is 10.8. The van der Waals surface area contributed by atoms with Gasteiger partial charge in [-0.05, 0) is 44.4 Å². The molecule has 32 heavy (non-hydrogen) atoms. The average molecular weight is 431 g/mol. The lowest BCUT2D eigenvalue weighted by Crippen LogP contribution is -2.25. The summed E-state index contributed by atoms with van der Waals surface area (Å²) in [6.07, 6.45) is 2.37. The SMILES string of the molecule is CCn1c(C)nc2cc(C#Cc3nn([C@@H]4CN[C@@H](COC)C4)c4ncnc(N)c34)ccc21. The predicted molar refractivity (Wildman–Crippen MR) is 123 cm³/mol. The fourth-order valence-corrected chi connectivity index (χ4v) is 4.51. The molecule has 0 unspecified atom stereocenters. The molecule has 1 saturated heterocycles. The summed E-state index contributed by atoms with van der Waals surface area (Å²) in [6.45, 7) is 6.48. The van der Waals surface area contributed by atoms with Gasteiger partial charge in [0.05, 0.1) is 29.1 Å². The van der Waals surface area contributed by atoms with E-state index >= 15 is 0 Å². The van der Waals surface area contributed by atoms with Crippen LogP contribution < -0.4 is 11.1 Å². The minimum absolute atomic E-state index is 0.153. The Morgan fingerprint density at radius 3 is 2.97 bits per heavy atom. The van der Waals surface area contributed by atoms with Gasteiger partial charge in [0.15, 0.2) is 5.65 Å². The highest BCUT2D eigenvalue weighted by molar-refractivity contribution is 5.90. The van der Waals surface area contributed by atoms with Gasteiger partial charge < -0.3 is 20.4 Å². The molecule has 3 N–H and O–H groups in total. The quantitative estimate of drug-likeness (QED) is 0.477. The summed E-state index contributed by atoms with van der Waals surface area (Å²) < 4.78 is 9.40. The van der Waals surface area contributed by atoms with E-state index in [1.54, 1.807) is 7.11 Å². The second-order valence-corrected chi connectivity index (χ2v) is 8.06. The third-order valence-electron chi connectivity index (χ3n) is 6.01. The van der Waals surface area contributed by atoms with E-state index in [0.717, 1.165) is 41.9 Å². The molecule has 0 spiro atoms. The van der Waals surface area contributed by atoms with Crippen molar-refractivity contribution < 1.29 is 4.74 Å². The highest BCUT2D eigenvalue weighted by Gasteiger charge is 2.28. The number of aromatic nitrogens is 6. The van der Waals surface area contributed by atoms with Gasteiger partial charge in [-0.25, -0.2) is 19.6 Å². The Morgan fingerprint density at radius 2 is 2.16 bits per heavy atom. The summed E-state index contributed by atoms with van der Waals surface area (Å²) in [6, 6.07) is 6.53. The Morgan fingerprint density at radius 1 is 1.28 bits per heavy atom. The summed E-state index contributed by atoms with van der Waals surface area (Å²) >= 11 is 0. The first kappa shape index (κ1) is 20.4. The maximum atomic E-state index is 6.20. The second kappa shape index (κ2) is 8.22. The summed E-state index contributed by atoms with van der Waals surface area (Å²) in [5.74, 6) is 7.82. The molecule has 9 nitrogen and oxygen atoms in total. The molecule has 0 saturated carbocycles. The van der Waals surface area contributed by atoms with Gasteiger partial charge in [0.25, 0.3) is 0 Å². The topological polar surface area (TPSA) is 109 Å². The van der Waals surface area contributed by atoms with E-state index in [1.807, 2.05) is 23.7 Å². The van der Waals surface area contributed by atoms with E-state index in [4.69, 9.17) is 15.6 Å². The fourth-order valence-electron chi connectivity index (χ4n) is 4.51. The number of methoxy groups -OCH3 is 1. The van der Waals surface area contributed by atoms with Crippen molar-refractivity contribution in [3.05, 3.63) is 41.6 Å². The summed E-state index contributed by atoms with van der Waals surface area (Å²) in [5, 5.41) is 8.97. The van der Waals surface area contributed by atoms with Crippen molar-refractivity contribution in [3.63, 3.8) is 0 Å². The lowest BCUT2D eigenvalue weighted by molar-refractivity contribution is 0.172. The van der Waals surface area contributed by atoms with Gasteiger partial charge in [0, 0.05) is 31.8 Å². The highest BCUT2D eigenvalue weighted by Crippen LogP contribution is 2.27. The van der Waals surface area contributed by atoms with Crippen LogP contribution in [0.5, 0.6) is 0 Å². The van der Waals surface area contributed by atoms with Gasteiger partial charge in [-0.15, -0.1) is 0 Å². The van der Waals surface area contributed by atoms with E-state index in [2.05, 4.69) is 49.7 Å². The molecule has 0 aliphatic carbocycles. The zero-order valence-electron chi connectivity index (χ0n) is 18.5. The summed E-state index contributed by atoms with van der Waals surface area (Å²) in [4.78, 5) is 13.3. The Hall–Kier alpha value is -3.48. The largest absolute Gasteiger partial charge is 0.383 e. The third-order valence-corrected chi connectivity index (χ3v) is 6.01. The fraction of sp³-hybridized carbons (Fsp3) is 0.391. The summed E-state index contributed by atoms with van der Waals surface area (Å²) in [5.41, 5.74) is 10.4. The first-order valence-corrected chi connectivity index (χ1v) is 10.8. The number of rotatable bonds is 4. The number of fused-ring (bicyclic) bond motifs is 2. The van der Waals surface area contributed by atoms with Crippen molar-refractivity contribution >= 4 is 27.9 Å². The zero-order chi connectivity index (χ0) is 22.2. The molecule has 0 radical (unpaired) electrons. The van der Waals surface area contributed by atoms with E-state index in [1.165, 1.54) is 6.33 Å². The maximum absolute atomic E-state index is 6.20. The molecule has 4 aromatic rings. The van der Waals surface area contributed by atoms with Crippen LogP contribution in [0.3, 0.4) is 0 Å². The highest BCUT2D eigenvalue weighted by atomic mass is 16.5. The number of aryl methyl sites for hydroxylation is 2. The van der Waals surface area contributed by atoms with Crippen LogP contribution in [0, 0.1) is 18.8 Å². The van der Waals surface area contributed by atoms with Crippen LogP contribution in [0.25, 0.3) is 22.1 Å². The molecule has 164 valence electrons. The number of anilines is 1. The molecular weight excluding hydrogens is 404 g/mol. The molecule has 1 aliphatic heterocycles. The Bertz CT molecular complexity index is 1360. The molecule has 3 aromatic heterocycles. The van der Waals surface area contributed by atoms with Crippen molar-refractivity contribution in [2.75, 3.05) is 26.0 Å². The lowest BCUT2D eigenvalue weighted by Gasteiger charge is -2.10. The van der Waals surface area contributed by atoms with E-state index < -0.39 is 0 Å². The third kappa shape index (κ3) is 3.47. The Kier molecular flexibility index (Phi) is 5.25. The van der Waals surface area contributed by atoms with Crippen molar-refractivity contribution in [1.82, 2.24) is 34.6 Å². The number of nitrogens with two attached hydrogens (primary N) is 1. The molecule has 1 aromatic carbocycles. The number of nitrogens with zero attached hydrogens (tertiary/aromatic N) is 6. The molecule has 1 aliphatic rings. The van der Waals surface area contributed by atoms with Gasteiger partial charge >= 0.3 is 0 Å². The van der Waals surface area contributed by atoms with Crippen LogP contribution in [0.2, 0.25) is 0 Å². The van der Waals surface area contributed by atoms with Crippen LogP contribution >= 0.6 is 0 Å². The van der Waals surface area contributed by atoms with Gasteiger partial charge in [-0.1, -0.05) is 5.92 Å². The first-order chi connectivity index (χ1) is 15.6. The predicted octanol–water partition coefficient (Wildman–Crippen LogP) is 2.04. The minimum atomic E-state index is 0.153. The molecule has 0 bridgehead atoms. The lowest BCUT2D eigenvalue weighted by atomic mass is 10.2. The monoisotopic (exact) mass is 430 g/mol. The molecule has 0 amide bonds. The smallest absolute Gasteiger partial charge is 0.164 e. The van der Waals surface area contributed by atoms with E-state index in [0.29, 0.717) is 29.2 Å². The number of benzene rings is 1. The number of imidazole rings is 1. The molecular formula is C23H26N8O. The van der Waals surface area contributed by atoms with Crippen molar-refractivity contribution in [2.24, 2.45) is 0 Å². The maximum Gasteiger partial charge on any atom is 0.164 e. The van der Waals surface area contributed by atoms with Crippen molar-refractivity contribution in [2.45, 2.75) is 38.9 Å². The van der Waals surface area contributed by atoms with Crippen LogP contribution in [0.1, 0.15) is 36.5 Å². The Balaban J connectivity index is 1.53. The standard InChI is InChI=1S/C23H26N8O/c1-4-30-14(2)28-19-9-15(6-8-20(19)30)5-7-18-21-22(24)26-13-27-23(21)31(29-18)17-10-16(12-32-3)25-11-17/h6,8-9,13,16-17,25H,4,10-12H2,1-3H3,(H2,24,26,27)/t16-,17+/m1/s1. The second-order valence-electron chi connectivity index (χ2n) is 8.06. The van der Waals surface area contributed by atoms with Crippen LogP contribution in [0.4, 0.5) is 5.82 Å². The number of hydrogen-bond acceptors (Lipinski definition) is 7. The number of hydrogen-bond donors (Lipinski definition) is 2. The van der Waals surface area contributed by atoms with Gasteiger partial charge in [0.1, 0.15) is 23.7 Å². The normalized spacial score (nSPS) is 18.3. The van der Waals surface area contributed by atoms with Crippen molar-refractivity contribution in [1.29, 1.82) is 0 Å².